The largest absolute Gasteiger partial charge is 0.463 e. The van der Waals surface area contributed by atoms with E-state index in [9.17, 15) is 18.8 Å². The second-order valence-corrected chi connectivity index (χ2v) is 6.34. The lowest BCUT2D eigenvalue weighted by Gasteiger charge is -2.19. The van der Waals surface area contributed by atoms with E-state index in [0.29, 0.717) is 5.03 Å². The van der Waals surface area contributed by atoms with Crippen LogP contribution in [0.5, 0.6) is 0 Å². The van der Waals surface area contributed by atoms with Gasteiger partial charge in [-0.15, -0.1) is 0 Å². The first-order valence-electron chi connectivity index (χ1n) is 7.77. The summed E-state index contributed by atoms with van der Waals surface area (Å²) in [5.74, 6) is -1.35. The molecule has 0 saturated carbocycles. The van der Waals surface area contributed by atoms with E-state index in [2.05, 4.69) is 5.32 Å². The van der Waals surface area contributed by atoms with Crippen LogP contribution in [0.15, 0.2) is 35.4 Å². The number of esters is 1. The molecule has 1 aliphatic rings. The van der Waals surface area contributed by atoms with Crippen LogP contribution < -0.4 is 5.32 Å². The zero-order chi connectivity index (χ0) is 18.4. The molecule has 0 radical (unpaired) electrons. The lowest BCUT2D eigenvalue weighted by molar-refractivity contribution is -0.137. The van der Waals surface area contributed by atoms with Crippen molar-refractivity contribution in [3.8, 4) is 0 Å². The lowest BCUT2D eigenvalue weighted by atomic mass is 10.1. The number of carbonyl (C=O) groups is 3. The molecule has 1 unspecified atom stereocenters. The summed E-state index contributed by atoms with van der Waals surface area (Å²) in [4.78, 5) is 37.0. The van der Waals surface area contributed by atoms with Gasteiger partial charge in [0.05, 0.1) is 29.5 Å². The van der Waals surface area contributed by atoms with Crippen molar-refractivity contribution < 1.29 is 23.5 Å². The molecule has 1 saturated heterocycles. The molecular formula is C17H19FN2O4S. The molecule has 1 aliphatic heterocycles. The molecule has 0 spiro atoms. The predicted molar refractivity (Wildman–Crippen MR) is 91.8 cm³/mol. The van der Waals surface area contributed by atoms with Crippen LogP contribution in [0, 0.1) is 5.82 Å². The number of thioether (sulfide) groups is 1. The fourth-order valence-electron chi connectivity index (χ4n) is 2.25. The van der Waals surface area contributed by atoms with E-state index >= 15 is 0 Å². The molecule has 2 rings (SSSR count). The van der Waals surface area contributed by atoms with E-state index in [1.54, 1.807) is 26.0 Å². The summed E-state index contributed by atoms with van der Waals surface area (Å²) in [5, 5.41) is 3.15. The lowest BCUT2D eigenvalue weighted by Crippen LogP contribution is -2.38. The van der Waals surface area contributed by atoms with Gasteiger partial charge in [0.25, 0.3) is 0 Å². The van der Waals surface area contributed by atoms with Crippen molar-refractivity contribution in [2.24, 2.45) is 0 Å². The summed E-state index contributed by atoms with van der Waals surface area (Å²) in [6.45, 7) is 3.49. The van der Waals surface area contributed by atoms with Gasteiger partial charge in [0.15, 0.2) is 0 Å². The van der Waals surface area contributed by atoms with Crippen molar-refractivity contribution >= 4 is 29.5 Å². The van der Waals surface area contributed by atoms with E-state index in [-0.39, 0.29) is 42.6 Å². The van der Waals surface area contributed by atoms with E-state index < -0.39 is 5.97 Å². The Hall–Kier alpha value is -2.35. The normalized spacial score (nSPS) is 16.8. The number of amides is 2. The summed E-state index contributed by atoms with van der Waals surface area (Å²) in [5.41, 5.74) is 0.749. The molecule has 1 aromatic carbocycles. The first kappa shape index (κ1) is 19.0. The molecule has 0 bridgehead atoms. The SMILES string of the molecule is CCOC(=O)C=C1SCC(=O)N1CC(=O)NC(C)c1ccc(F)cc1. The van der Waals surface area contributed by atoms with Gasteiger partial charge in [0.2, 0.25) is 11.8 Å². The number of benzene rings is 1. The zero-order valence-electron chi connectivity index (χ0n) is 14.0. The number of hydrogen-bond donors (Lipinski definition) is 1. The fraction of sp³-hybridized carbons (Fsp3) is 0.353. The highest BCUT2D eigenvalue weighted by Crippen LogP contribution is 2.28. The Labute approximate surface area is 149 Å². The molecule has 1 aromatic rings. The number of rotatable bonds is 6. The smallest absolute Gasteiger partial charge is 0.333 e. The molecule has 6 nitrogen and oxygen atoms in total. The Balaban J connectivity index is 1.98. The molecule has 1 N–H and O–H groups in total. The minimum Gasteiger partial charge on any atom is -0.463 e. The molecule has 1 fully saturated rings. The van der Waals surface area contributed by atoms with Crippen LogP contribution in [0.1, 0.15) is 25.5 Å². The van der Waals surface area contributed by atoms with Gasteiger partial charge in [0.1, 0.15) is 12.4 Å². The van der Waals surface area contributed by atoms with E-state index in [1.807, 2.05) is 0 Å². The van der Waals surface area contributed by atoms with E-state index in [0.717, 1.165) is 5.56 Å². The van der Waals surface area contributed by atoms with Crippen molar-refractivity contribution in [2.45, 2.75) is 19.9 Å². The van der Waals surface area contributed by atoms with Crippen molar-refractivity contribution in [2.75, 3.05) is 18.9 Å². The van der Waals surface area contributed by atoms with Crippen LogP contribution in [0.3, 0.4) is 0 Å². The van der Waals surface area contributed by atoms with Gasteiger partial charge >= 0.3 is 5.97 Å². The number of hydrogen-bond acceptors (Lipinski definition) is 5. The minimum atomic E-state index is -0.551. The third-order valence-electron chi connectivity index (χ3n) is 3.49. The minimum absolute atomic E-state index is 0.173. The molecular weight excluding hydrogens is 347 g/mol. The van der Waals surface area contributed by atoms with Crippen molar-refractivity contribution in [1.82, 2.24) is 10.2 Å². The standard InChI is InChI=1S/C17H19FN2O4S/c1-3-24-17(23)8-16-20(15(22)10-25-16)9-14(21)19-11(2)12-4-6-13(18)7-5-12/h4-8,11H,3,9-10H2,1-2H3,(H,19,21). The topological polar surface area (TPSA) is 75.7 Å². The van der Waals surface area contributed by atoms with Gasteiger partial charge in [-0.2, -0.15) is 0 Å². The number of ether oxygens (including phenoxy) is 1. The average Bonchev–Trinajstić information content (AvgIpc) is 2.88. The maximum atomic E-state index is 13.0. The molecule has 1 atom stereocenters. The third-order valence-corrected chi connectivity index (χ3v) is 4.51. The van der Waals surface area contributed by atoms with Crippen LogP contribution in [0.4, 0.5) is 4.39 Å². The maximum Gasteiger partial charge on any atom is 0.333 e. The quantitative estimate of drug-likeness (QED) is 0.615. The van der Waals surface area contributed by atoms with Crippen LogP contribution in [0.25, 0.3) is 0 Å². The summed E-state index contributed by atoms with van der Waals surface area (Å²) in [6, 6.07) is 5.47. The van der Waals surface area contributed by atoms with Gasteiger partial charge in [-0.3, -0.25) is 14.5 Å². The van der Waals surface area contributed by atoms with Crippen LogP contribution >= 0.6 is 11.8 Å². The molecule has 0 aromatic heterocycles. The number of nitrogens with zero attached hydrogens (tertiary/aromatic N) is 1. The first-order chi connectivity index (χ1) is 11.9. The second kappa shape index (κ2) is 8.66. The summed E-state index contributed by atoms with van der Waals surface area (Å²) in [6.07, 6.45) is 1.22. The Morgan fingerprint density at radius 2 is 2.08 bits per heavy atom. The fourth-order valence-corrected chi connectivity index (χ4v) is 3.18. The number of carbonyl (C=O) groups excluding carboxylic acids is 3. The van der Waals surface area contributed by atoms with Crippen LogP contribution in [-0.4, -0.2) is 41.6 Å². The molecule has 134 valence electrons. The van der Waals surface area contributed by atoms with E-state index in [1.165, 1.54) is 34.9 Å². The van der Waals surface area contributed by atoms with Gasteiger partial charge in [-0.1, -0.05) is 23.9 Å². The van der Waals surface area contributed by atoms with Gasteiger partial charge < -0.3 is 10.1 Å². The first-order valence-corrected chi connectivity index (χ1v) is 8.75. The number of nitrogens with one attached hydrogen (secondary N) is 1. The molecule has 1 heterocycles. The summed E-state index contributed by atoms with van der Waals surface area (Å²) < 4.78 is 17.8. The Morgan fingerprint density at radius 1 is 1.40 bits per heavy atom. The zero-order valence-corrected chi connectivity index (χ0v) is 14.8. The summed E-state index contributed by atoms with van der Waals surface area (Å²) in [7, 11) is 0. The Kier molecular flexibility index (Phi) is 6.58. The monoisotopic (exact) mass is 366 g/mol. The highest BCUT2D eigenvalue weighted by atomic mass is 32.2. The molecule has 8 heteroatoms. The molecule has 2 amide bonds. The van der Waals surface area contributed by atoms with Gasteiger partial charge in [-0.25, -0.2) is 9.18 Å². The molecule has 25 heavy (non-hydrogen) atoms. The van der Waals surface area contributed by atoms with Crippen molar-refractivity contribution in [3.05, 3.63) is 46.8 Å². The van der Waals surface area contributed by atoms with Gasteiger partial charge in [-0.05, 0) is 31.5 Å². The van der Waals surface area contributed by atoms with Crippen molar-refractivity contribution in [1.29, 1.82) is 0 Å². The third kappa shape index (κ3) is 5.32. The predicted octanol–water partition coefficient (Wildman–Crippen LogP) is 1.98. The Morgan fingerprint density at radius 3 is 2.72 bits per heavy atom. The Bertz CT molecular complexity index is 690. The second-order valence-electron chi connectivity index (χ2n) is 5.34. The number of halogens is 1. The van der Waals surface area contributed by atoms with Crippen LogP contribution in [-0.2, 0) is 19.1 Å². The van der Waals surface area contributed by atoms with Crippen molar-refractivity contribution in [3.63, 3.8) is 0 Å². The van der Waals surface area contributed by atoms with Gasteiger partial charge in [0, 0.05) is 0 Å². The average molecular weight is 366 g/mol. The van der Waals surface area contributed by atoms with Crippen LogP contribution in [0.2, 0.25) is 0 Å². The summed E-state index contributed by atoms with van der Waals surface area (Å²) >= 11 is 1.19. The molecule has 0 aliphatic carbocycles. The highest BCUT2D eigenvalue weighted by Gasteiger charge is 2.29. The van der Waals surface area contributed by atoms with E-state index in [4.69, 9.17) is 4.74 Å². The highest BCUT2D eigenvalue weighted by molar-refractivity contribution is 8.04. The maximum absolute atomic E-state index is 13.0.